The number of hydrogen-bond donors (Lipinski definition) is 3. The minimum absolute atomic E-state index is 0.200. The van der Waals surface area contributed by atoms with Gasteiger partial charge in [0.05, 0.1) is 22.6 Å². The number of H-pyrrole nitrogens is 1. The number of hydrogen-bond acceptors (Lipinski definition) is 6. The quantitative estimate of drug-likeness (QED) is 0.619. The molecule has 1 aliphatic heterocycles. The molecule has 4 rings (SSSR count). The lowest BCUT2D eigenvalue weighted by molar-refractivity contribution is 0.269. The highest BCUT2D eigenvalue weighted by Crippen LogP contribution is 2.30. The molecule has 8 nitrogen and oxygen atoms in total. The molecule has 8 heteroatoms. The molecular weight excluding hydrogens is 308 g/mol. The van der Waals surface area contributed by atoms with E-state index in [9.17, 15) is 9.90 Å². The lowest BCUT2D eigenvalue weighted by Crippen LogP contribution is -2.38. The zero-order valence-corrected chi connectivity index (χ0v) is 12.6. The zero-order chi connectivity index (χ0) is 16.8. The Bertz CT molecular complexity index is 1100. The zero-order valence-electron chi connectivity index (χ0n) is 12.6. The standard InChI is InChI=1S/C16H12N6O2/c1-8-12(16(24)22-14(19-8)9(6-17)7-18-22)13-15(23)21-11-5-3-2-4-10(11)20-13/h2-5,7,15,18,21,23H,1H3. The summed E-state index contributed by atoms with van der Waals surface area (Å²) in [5, 5.41) is 25.1. The smallest absolute Gasteiger partial charge is 0.282 e. The van der Waals surface area contributed by atoms with Gasteiger partial charge in [0.25, 0.3) is 5.56 Å². The minimum atomic E-state index is -1.13. The molecule has 0 saturated carbocycles. The first-order valence-corrected chi connectivity index (χ1v) is 7.23. The van der Waals surface area contributed by atoms with E-state index >= 15 is 0 Å². The molecule has 3 heterocycles. The molecule has 0 amide bonds. The van der Waals surface area contributed by atoms with Crippen LogP contribution >= 0.6 is 0 Å². The lowest BCUT2D eigenvalue weighted by Gasteiger charge is -2.23. The van der Waals surface area contributed by atoms with E-state index in [-0.39, 0.29) is 22.5 Å². The second-order valence-corrected chi connectivity index (χ2v) is 5.40. The number of aromatic amines is 1. The van der Waals surface area contributed by atoms with Crippen LogP contribution in [0.4, 0.5) is 11.4 Å². The largest absolute Gasteiger partial charge is 0.368 e. The van der Waals surface area contributed by atoms with Crippen molar-refractivity contribution in [1.82, 2.24) is 14.6 Å². The third-order valence-corrected chi connectivity index (χ3v) is 3.92. The molecule has 0 fully saturated rings. The van der Waals surface area contributed by atoms with Crippen molar-refractivity contribution in [2.45, 2.75) is 13.2 Å². The SMILES string of the molecule is Cc1nc2c(C#N)c[nH]n2c(=O)c1C1=Nc2ccccc2NC1O. The normalized spacial score (nSPS) is 16.2. The van der Waals surface area contributed by atoms with E-state index in [2.05, 4.69) is 20.4 Å². The van der Waals surface area contributed by atoms with Gasteiger partial charge in [-0.25, -0.2) is 9.98 Å². The number of aromatic nitrogens is 3. The first-order chi connectivity index (χ1) is 11.6. The fraction of sp³-hybridized carbons (Fsp3) is 0.125. The van der Waals surface area contributed by atoms with Crippen molar-refractivity contribution >= 4 is 22.7 Å². The number of benzene rings is 1. The summed E-state index contributed by atoms with van der Waals surface area (Å²) in [4.78, 5) is 21.5. The third kappa shape index (κ3) is 1.92. The second-order valence-electron chi connectivity index (χ2n) is 5.40. The average molecular weight is 320 g/mol. The Morgan fingerprint density at radius 1 is 1.38 bits per heavy atom. The number of fused-ring (bicyclic) bond motifs is 2. The minimum Gasteiger partial charge on any atom is -0.368 e. The molecule has 118 valence electrons. The second kappa shape index (κ2) is 5.04. The van der Waals surface area contributed by atoms with Crippen molar-refractivity contribution in [3.8, 4) is 6.07 Å². The maximum Gasteiger partial charge on any atom is 0.282 e. The monoisotopic (exact) mass is 320 g/mol. The number of nitrogens with one attached hydrogen (secondary N) is 2. The number of aliphatic hydroxyl groups is 1. The molecule has 3 aromatic rings. The predicted octanol–water partition coefficient (Wildman–Crippen LogP) is 1.07. The summed E-state index contributed by atoms with van der Waals surface area (Å²) in [6.07, 6.45) is 0.288. The molecule has 1 atom stereocenters. The number of nitrogens with zero attached hydrogens (tertiary/aromatic N) is 4. The van der Waals surface area contributed by atoms with Gasteiger partial charge in [-0.2, -0.15) is 9.78 Å². The van der Waals surface area contributed by atoms with Crippen LogP contribution in [-0.2, 0) is 0 Å². The molecule has 0 radical (unpaired) electrons. The average Bonchev–Trinajstić information content (AvgIpc) is 2.98. The van der Waals surface area contributed by atoms with E-state index in [1.54, 1.807) is 19.1 Å². The van der Waals surface area contributed by atoms with Crippen LogP contribution in [0.1, 0.15) is 16.8 Å². The van der Waals surface area contributed by atoms with E-state index in [1.807, 2.05) is 18.2 Å². The van der Waals surface area contributed by atoms with Crippen LogP contribution < -0.4 is 10.9 Å². The van der Waals surface area contributed by atoms with Gasteiger partial charge in [0.15, 0.2) is 11.9 Å². The van der Waals surface area contributed by atoms with Gasteiger partial charge in [0, 0.05) is 6.20 Å². The summed E-state index contributed by atoms with van der Waals surface area (Å²) >= 11 is 0. The van der Waals surface area contributed by atoms with Gasteiger partial charge < -0.3 is 10.4 Å². The van der Waals surface area contributed by atoms with Crippen molar-refractivity contribution in [3.05, 3.63) is 57.6 Å². The summed E-state index contributed by atoms with van der Waals surface area (Å²) in [6.45, 7) is 1.65. The van der Waals surface area contributed by atoms with Crippen LogP contribution in [0, 0.1) is 18.3 Å². The van der Waals surface area contributed by atoms with Crippen LogP contribution in [0.3, 0.4) is 0 Å². The predicted molar refractivity (Wildman–Crippen MR) is 87.5 cm³/mol. The number of aryl methyl sites for hydroxylation is 1. The maximum atomic E-state index is 12.8. The Morgan fingerprint density at radius 2 is 2.17 bits per heavy atom. The highest BCUT2D eigenvalue weighted by atomic mass is 16.3. The van der Waals surface area contributed by atoms with Gasteiger partial charge in [0.2, 0.25) is 0 Å². The fourth-order valence-electron chi connectivity index (χ4n) is 2.79. The Hall–Kier alpha value is -3.44. The Morgan fingerprint density at radius 3 is 2.96 bits per heavy atom. The molecule has 2 aromatic heterocycles. The van der Waals surface area contributed by atoms with Crippen molar-refractivity contribution in [1.29, 1.82) is 5.26 Å². The van der Waals surface area contributed by atoms with Crippen LogP contribution in [0.5, 0.6) is 0 Å². The number of aliphatic imine (C=N–C) groups is 1. The van der Waals surface area contributed by atoms with Crippen molar-refractivity contribution in [3.63, 3.8) is 0 Å². The summed E-state index contributed by atoms with van der Waals surface area (Å²) in [5.74, 6) is 0. The lowest BCUT2D eigenvalue weighted by atomic mass is 10.1. The number of anilines is 1. The summed E-state index contributed by atoms with van der Waals surface area (Å²) < 4.78 is 1.18. The number of para-hydroxylation sites is 2. The maximum absolute atomic E-state index is 12.8. The van der Waals surface area contributed by atoms with Crippen molar-refractivity contribution in [2.75, 3.05) is 5.32 Å². The van der Waals surface area contributed by atoms with Gasteiger partial charge in [-0.15, -0.1) is 0 Å². The molecule has 0 bridgehead atoms. The first-order valence-electron chi connectivity index (χ1n) is 7.23. The topological polar surface area (TPSA) is 119 Å². The van der Waals surface area contributed by atoms with E-state index in [4.69, 9.17) is 5.26 Å². The molecule has 1 aromatic carbocycles. The van der Waals surface area contributed by atoms with Gasteiger partial charge >= 0.3 is 0 Å². The number of rotatable bonds is 1. The number of nitriles is 1. The summed E-state index contributed by atoms with van der Waals surface area (Å²) in [5.41, 5.74) is 2.23. The number of aliphatic hydroxyl groups excluding tert-OH is 1. The Labute approximate surface area is 135 Å². The van der Waals surface area contributed by atoms with Crippen molar-refractivity contribution in [2.24, 2.45) is 4.99 Å². The van der Waals surface area contributed by atoms with E-state index in [1.165, 1.54) is 10.7 Å². The van der Waals surface area contributed by atoms with E-state index in [0.29, 0.717) is 17.1 Å². The van der Waals surface area contributed by atoms with Gasteiger partial charge in [-0.1, -0.05) is 12.1 Å². The molecular formula is C16H12N6O2. The van der Waals surface area contributed by atoms with Gasteiger partial charge in [-0.3, -0.25) is 9.89 Å². The third-order valence-electron chi connectivity index (χ3n) is 3.92. The van der Waals surface area contributed by atoms with Crippen LogP contribution in [0.15, 0.2) is 40.2 Å². The van der Waals surface area contributed by atoms with E-state index in [0.717, 1.165) is 0 Å². The summed E-state index contributed by atoms with van der Waals surface area (Å²) in [7, 11) is 0. The molecule has 1 unspecified atom stereocenters. The Kier molecular flexibility index (Phi) is 2.98. The molecule has 1 aliphatic rings. The van der Waals surface area contributed by atoms with Crippen LogP contribution in [-0.4, -0.2) is 31.6 Å². The molecule has 3 N–H and O–H groups in total. The van der Waals surface area contributed by atoms with Gasteiger partial charge in [-0.05, 0) is 19.1 Å². The molecule has 0 aliphatic carbocycles. The first kappa shape index (κ1) is 14.2. The molecule has 0 saturated heterocycles. The highest BCUT2D eigenvalue weighted by molar-refractivity contribution is 6.09. The van der Waals surface area contributed by atoms with Crippen LogP contribution in [0.25, 0.3) is 5.65 Å². The van der Waals surface area contributed by atoms with Crippen LogP contribution in [0.2, 0.25) is 0 Å². The Balaban J connectivity index is 1.99. The van der Waals surface area contributed by atoms with Crippen molar-refractivity contribution < 1.29 is 5.11 Å². The highest BCUT2D eigenvalue weighted by Gasteiger charge is 2.27. The van der Waals surface area contributed by atoms with E-state index < -0.39 is 11.8 Å². The molecule has 0 spiro atoms. The summed E-state index contributed by atoms with van der Waals surface area (Å²) in [6, 6.07) is 9.22. The molecule has 24 heavy (non-hydrogen) atoms. The van der Waals surface area contributed by atoms with Gasteiger partial charge in [0.1, 0.15) is 17.3 Å². The fourth-order valence-corrected chi connectivity index (χ4v) is 2.79.